The van der Waals surface area contributed by atoms with Crippen LogP contribution in [0.25, 0.3) is 22.3 Å². The van der Waals surface area contributed by atoms with Gasteiger partial charge in [-0.15, -0.1) is 10.2 Å². The van der Waals surface area contributed by atoms with Gasteiger partial charge in [-0.1, -0.05) is 60.7 Å². The zero-order chi connectivity index (χ0) is 18.2. The summed E-state index contributed by atoms with van der Waals surface area (Å²) in [5, 5.41) is 15.2. The van der Waals surface area contributed by atoms with Gasteiger partial charge in [-0.05, 0) is 39.2 Å². The summed E-state index contributed by atoms with van der Waals surface area (Å²) in [6, 6.07) is 23.8. The number of rotatable bonds is 2. The number of nitrogens with zero attached hydrogens (tertiary/aromatic N) is 4. The van der Waals surface area contributed by atoms with Gasteiger partial charge in [0.1, 0.15) is 10.4 Å². The van der Waals surface area contributed by atoms with Crippen LogP contribution in [0.1, 0.15) is 0 Å². The summed E-state index contributed by atoms with van der Waals surface area (Å²) in [6.07, 6.45) is 3.45. The van der Waals surface area contributed by atoms with E-state index in [1.54, 1.807) is 12.4 Å². The molecule has 0 amide bonds. The predicted octanol–water partition coefficient (Wildman–Crippen LogP) is 4.63. The lowest BCUT2D eigenvalue weighted by atomic mass is 10.1. The summed E-state index contributed by atoms with van der Waals surface area (Å²) in [5.74, 6) is 0.446. The molecule has 2 heterocycles. The van der Waals surface area contributed by atoms with E-state index in [1.165, 1.54) is 0 Å². The van der Waals surface area contributed by atoms with Crippen molar-refractivity contribution in [1.29, 1.82) is 0 Å². The van der Waals surface area contributed by atoms with E-state index in [1.807, 2.05) is 72.8 Å². The van der Waals surface area contributed by atoms with Crippen molar-refractivity contribution in [2.75, 3.05) is 5.73 Å². The Morgan fingerprint density at radius 3 is 1.62 bits per heavy atom. The number of aromatic nitrogens is 4. The van der Waals surface area contributed by atoms with Crippen molar-refractivity contribution in [2.24, 2.45) is 0 Å². The fourth-order valence-electron chi connectivity index (χ4n) is 2.30. The van der Waals surface area contributed by atoms with Crippen LogP contribution in [-0.4, -0.2) is 20.4 Å². The first-order valence-corrected chi connectivity index (χ1v) is 8.69. The predicted molar refractivity (Wildman–Crippen MR) is 107 cm³/mol. The molecule has 2 aromatic carbocycles. The van der Waals surface area contributed by atoms with Crippen LogP contribution >= 0.6 is 15.9 Å². The molecule has 2 aromatic heterocycles. The Kier molecular flexibility index (Phi) is 6.01. The van der Waals surface area contributed by atoms with Gasteiger partial charge in [-0.2, -0.15) is 10.2 Å². The first kappa shape index (κ1) is 17.7. The second-order valence-corrected chi connectivity index (χ2v) is 6.18. The van der Waals surface area contributed by atoms with Crippen molar-refractivity contribution >= 4 is 21.7 Å². The smallest absolute Gasteiger partial charge is 0.146 e. The maximum absolute atomic E-state index is 5.52. The highest BCUT2D eigenvalue weighted by Gasteiger charge is 1.98. The van der Waals surface area contributed by atoms with E-state index >= 15 is 0 Å². The van der Waals surface area contributed by atoms with Gasteiger partial charge in [-0.25, -0.2) is 0 Å². The number of halogens is 1. The molecule has 0 saturated heterocycles. The van der Waals surface area contributed by atoms with Crippen molar-refractivity contribution in [3.63, 3.8) is 0 Å². The van der Waals surface area contributed by atoms with Crippen LogP contribution in [-0.2, 0) is 0 Å². The van der Waals surface area contributed by atoms with E-state index in [-0.39, 0.29) is 0 Å². The van der Waals surface area contributed by atoms with Crippen molar-refractivity contribution in [1.82, 2.24) is 20.4 Å². The van der Waals surface area contributed by atoms with Crippen molar-refractivity contribution in [2.45, 2.75) is 0 Å². The van der Waals surface area contributed by atoms with E-state index < -0.39 is 0 Å². The van der Waals surface area contributed by atoms with Gasteiger partial charge in [0.15, 0.2) is 0 Å². The zero-order valence-corrected chi connectivity index (χ0v) is 15.4. The van der Waals surface area contributed by atoms with Gasteiger partial charge in [0.2, 0.25) is 0 Å². The van der Waals surface area contributed by atoms with Crippen LogP contribution in [0.2, 0.25) is 0 Å². The molecule has 6 heteroatoms. The Balaban J connectivity index is 0.000000151. The van der Waals surface area contributed by atoms with Crippen molar-refractivity contribution in [3.05, 3.63) is 89.8 Å². The van der Waals surface area contributed by atoms with Crippen LogP contribution in [0.5, 0.6) is 0 Å². The monoisotopic (exact) mass is 405 g/mol. The van der Waals surface area contributed by atoms with Gasteiger partial charge in [0.25, 0.3) is 0 Å². The standard InChI is InChI=1S/C10H7BrN2.C10H9N3/c2*11-10-6-9(7-12-13-10)8-4-2-1-3-5-8/h1-7H;1-7H,(H2,11,13). The Labute approximate surface area is 160 Å². The summed E-state index contributed by atoms with van der Waals surface area (Å²) in [7, 11) is 0. The van der Waals surface area contributed by atoms with E-state index in [4.69, 9.17) is 5.73 Å². The fraction of sp³-hybridized carbons (Fsp3) is 0. The minimum atomic E-state index is 0.446. The second-order valence-electron chi connectivity index (χ2n) is 5.37. The molecule has 0 bridgehead atoms. The lowest BCUT2D eigenvalue weighted by Gasteiger charge is -1.99. The van der Waals surface area contributed by atoms with Crippen LogP contribution in [0.4, 0.5) is 5.82 Å². The SMILES string of the molecule is Brc1cc(-c2ccccc2)cnn1.Nc1cc(-c2ccccc2)cnn1. The third kappa shape index (κ3) is 4.94. The van der Waals surface area contributed by atoms with E-state index in [0.29, 0.717) is 5.82 Å². The molecule has 0 aliphatic carbocycles. The lowest BCUT2D eigenvalue weighted by molar-refractivity contribution is 1.01. The largest absolute Gasteiger partial charge is 0.382 e. The molecule has 4 rings (SSSR count). The summed E-state index contributed by atoms with van der Waals surface area (Å²) in [6.45, 7) is 0. The van der Waals surface area contributed by atoms with Crippen molar-refractivity contribution in [3.8, 4) is 22.3 Å². The highest BCUT2D eigenvalue weighted by molar-refractivity contribution is 9.10. The van der Waals surface area contributed by atoms with Crippen LogP contribution < -0.4 is 5.73 Å². The molecule has 0 radical (unpaired) electrons. The molecule has 2 N–H and O–H groups in total. The number of nitrogens with two attached hydrogens (primary N) is 1. The number of hydrogen-bond acceptors (Lipinski definition) is 5. The molecule has 128 valence electrons. The van der Waals surface area contributed by atoms with Gasteiger partial charge < -0.3 is 5.73 Å². The summed E-state index contributed by atoms with van der Waals surface area (Å²) in [4.78, 5) is 0. The molecule has 0 aliphatic rings. The quantitative estimate of drug-likeness (QED) is 0.525. The first-order chi connectivity index (χ1) is 12.7. The Hall–Kier alpha value is -3.12. The number of nitrogen functional groups attached to an aromatic ring is 1. The van der Waals surface area contributed by atoms with Crippen LogP contribution in [0, 0.1) is 0 Å². The number of benzene rings is 2. The lowest BCUT2D eigenvalue weighted by Crippen LogP contribution is -1.92. The molecular formula is C20H16BrN5. The summed E-state index contributed by atoms with van der Waals surface area (Å²) >= 11 is 3.29. The normalized spacial score (nSPS) is 9.88. The third-order valence-electron chi connectivity index (χ3n) is 3.51. The summed E-state index contributed by atoms with van der Waals surface area (Å²) in [5.41, 5.74) is 9.84. The molecule has 0 fully saturated rings. The van der Waals surface area contributed by atoms with E-state index in [2.05, 4.69) is 36.3 Å². The number of hydrogen-bond donors (Lipinski definition) is 1. The Bertz CT molecular complexity index is 881. The molecule has 26 heavy (non-hydrogen) atoms. The molecular weight excluding hydrogens is 390 g/mol. The summed E-state index contributed by atoms with van der Waals surface area (Å²) < 4.78 is 0.758. The molecule has 0 atom stereocenters. The molecule has 5 nitrogen and oxygen atoms in total. The maximum Gasteiger partial charge on any atom is 0.146 e. The van der Waals surface area contributed by atoms with Crippen LogP contribution in [0.3, 0.4) is 0 Å². The zero-order valence-electron chi connectivity index (χ0n) is 13.8. The molecule has 0 spiro atoms. The van der Waals surface area contributed by atoms with Crippen molar-refractivity contribution < 1.29 is 0 Å². The maximum atomic E-state index is 5.52. The fourth-order valence-corrected chi connectivity index (χ4v) is 2.64. The molecule has 0 unspecified atom stereocenters. The highest BCUT2D eigenvalue weighted by atomic mass is 79.9. The Morgan fingerprint density at radius 2 is 1.12 bits per heavy atom. The molecule has 0 aliphatic heterocycles. The topological polar surface area (TPSA) is 77.6 Å². The first-order valence-electron chi connectivity index (χ1n) is 7.89. The van der Waals surface area contributed by atoms with Gasteiger partial charge >= 0.3 is 0 Å². The molecule has 0 saturated carbocycles. The molecule has 4 aromatic rings. The van der Waals surface area contributed by atoms with Gasteiger partial charge in [-0.3, -0.25) is 0 Å². The number of anilines is 1. The highest BCUT2D eigenvalue weighted by Crippen LogP contribution is 2.19. The van der Waals surface area contributed by atoms with Gasteiger partial charge in [0.05, 0.1) is 12.4 Å². The Morgan fingerprint density at radius 1 is 0.615 bits per heavy atom. The minimum Gasteiger partial charge on any atom is -0.382 e. The average Bonchev–Trinajstić information content (AvgIpc) is 2.70. The minimum absolute atomic E-state index is 0.446. The van der Waals surface area contributed by atoms with E-state index in [0.717, 1.165) is 26.9 Å². The van der Waals surface area contributed by atoms with Gasteiger partial charge in [0, 0.05) is 11.1 Å². The second kappa shape index (κ2) is 8.82. The average molecular weight is 406 g/mol. The van der Waals surface area contributed by atoms with Crippen LogP contribution in [0.15, 0.2) is 89.8 Å². The third-order valence-corrected chi connectivity index (χ3v) is 3.90. The van der Waals surface area contributed by atoms with E-state index in [9.17, 15) is 0 Å².